The number of piperidine rings is 1. The van der Waals surface area contributed by atoms with E-state index in [9.17, 15) is 13.6 Å². The number of pyridine rings is 1. The topological polar surface area (TPSA) is 45.7 Å². The lowest BCUT2D eigenvalue weighted by atomic mass is 9.99. The van der Waals surface area contributed by atoms with E-state index in [2.05, 4.69) is 16.5 Å². The first kappa shape index (κ1) is 24.0. The third kappa shape index (κ3) is 6.40. The Labute approximate surface area is 189 Å². The number of nitrogens with zero attached hydrogens (tertiary/aromatic N) is 3. The first-order valence-electron chi connectivity index (χ1n) is 11.2. The van der Waals surface area contributed by atoms with Gasteiger partial charge in [0.2, 0.25) is 0 Å². The van der Waals surface area contributed by atoms with Crippen molar-refractivity contribution in [2.45, 2.75) is 70.4 Å². The zero-order chi connectivity index (χ0) is 23.3. The van der Waals surface area contributed by atoms with Gasteiger partial charge in [0.25, 0.3) is 6.43 Å². The molecule has 1 saturated carbocycles. The van der Waals surface area contributed by atoms with Gasteiger partial charge in [-0.25, -0.2) is 13.6 Å². The molecule has 1 aliphatic carbocycles. The number of allylic oxidation sites excluding steroid dienone is 4. The van der Waals surface area contributed by atoms with Crippen LogP contribution in [0.1, 0.15) is 57.9 Å². The third-order valence-corrected chi connectivity index (χ3v) is 5.60. The molecule has 0 N–H and O–H groups in total. The van der Waals surface area contributed by atoms with E-state index in [1.54, 1.807) is 23.2 Å². The molecule has 0 radical (unpaired) electrons. The van der Waals surface area contributed by atoms with E-state index in [4.69, 9.17) is 4.74 Å². The van der Waals surface area contributed by atoms with Crippen LogP contribution < -0.4 is 4.90 Å². The van der Waals surface area contributed by atoms with Crippen molar-refractivity contribution in [1.29, 1.82) is 0 Å². The van der Waals surface area contributed by atoms with Gasteiger partial charge in [0.05, 0.1) is 11.9 Å². The van der Waals surface area contributed by atoms with Crippen molar-refractivity contribution in [2.24, 2.45) is 0 Å². The van der Waals surface area contributed by atoms with Crippen molar-refractivity contribution in [3.05, 3.63) is 60.6 Å². The third-order valence-electron chi connectivity index (χ3n) is 5.60. The summed E-state index contributed by atoms with van der Waals surface area (Å²) in [6, 6.07) is 2.13. The van der Waals surface area contributed by atoms with Crippen LogP contribution in [0.15, 0.2) is 55.0 Å². The number of carbonyl (C=O) groups is 1. The van der Waals surface area contributed by atoms with E-state index >= 15 is 0 Å². The molecule has 2 aliphatic rings. The number of alkyl halides is 2. The lowest BCUT2D eigenvalue weighted by Crippen LogP contribution is -2.48. The van der Waals surface area contributed by atoms with Crippen molar-refractivity contribution in [3.63, 3.8) is 0 Å². The minimum atomic E-state index is -2.51. The predicted octanol–water partition coefficient (Wildman–Crippen LogP) is 6.06. The van der Waals surface area contributed by atoms with Crippen molar-refractivity contribution in [1.82, 2.24) is 9.88 Å². The summed E-state index contributed by atoms with van der Waals surface area (Å²) < 4.78 is 30.9. The van der Waals surface area contributed by atoms with Crippen molar-refractivity contribution in [3.8, 4) is 0 Å². The first-order valence-corrected chi connectivity index (χ1v) is 11.2. The molecule has 0 aromatic carbocycles. The number of halogens is 2. The Morgan fingerprint density at radius 2 is 1.97 bits per heavy atom. The second kappa shape index (κ2) is 10.3. The van der Waals surface area contributed by atoms with Crippen LogP contribution in [0.3, 0.4) is 0 Å². The van der Waals surface area contributed by atoms with Gasteiger partial charge >= 0.3 is 6.09 Å². The van der Waals surface area contributed by atoms with E-state index in [1.165, 1.54) is 11.6 Å². The smallest absolute Gasteiger partial charge is 0.410 e. The summed E-state index contributed by atoms with van der Waals surface area (Å²) in [5.74, 6) is 0.500. The second-order valence-electron chi connectivity index (χ2n) is 9.29. The summed E-state index contributed by atoms with van der Waals surface area (Å²) in [4.78, 5) is 20.7. The normalized spacial score (nSPS) is 18.3. The molecular weight excluding hydrogens is 412 g/mol. The van der Waals surface area contributed by atoms with Gasteiger partial charge in [-0.3, -0.25) is 4.98 Å². The van der Waals surface area contributed by atoms with Crippen LogP contribution in [0.5, 0.6) is 0 Å². The average Bonchev–Trinajstić information content (AvgIpc) is 3.57. The maximum absolute atomic E-state index is 12.7. The van der Waals surface area contributed by atoms with Crippen LogP contribution in [0, 0.1) is 0 Å². The molecule has 1 amide bonds. The summed E-state index contributed by atoms with van der Waals surface area (Å²) in [6.07, 6.45) is 10.2. The number of anilines is 1. The number of rotatable bonds is 7. The van der Waals surface area contributed by atoms with Gasteiger partial charge in [-0.2, -0.15) is 0 Å². The number of aromatic nitrogens is 1. The molecule has 0 spiro atoms. The van der Waals surface area contributed by atoms with Crippen LogP contribution >= 0.6 is 0 Å². The largest absolute Gasteiger partial charge is 0.444 e. The Kier molecular flexibility index (Phi) is 7.69. The Hall–Kier alpha value is -2.70. The first-order chi connectivity index (χ1) is 15.2. The second-order valence-corrected chi connectivity index (χ2v) is 9.29. The van der Waals surface area contributed by atoms with E-state index in [-0.39, 0.29) is 12.1 Å². The fraction of sp³-hybridized carbons (Fsp3) is 0.520. The van der Waals surface area contributed by atoms with Crippen LogP contribution in [0.4, 0.5) is 19.3 Å². The molecule has 174 valence electrons. The zero-order valence-corrected chi connectivity index (χ0v) is 19.1. The number of ether oxygens (including phenoxy) is 1. The quantitative estimate of drug-likeness (QED) is 0.479. The van der Waals surface area contributed by atoms with Gasteiger partial charge in [0, 0.05) is 31.0 Å². The van der Waals surface area contributed by atoms with Gasteiger partial charge in [0.1, 0.15) is 5.60 Å². The Balaban J connectivity index is 1.86. The van der Waals surface area contributed by atoms with Crippen molar-refractivity contribution in [2.75, 3.05) is 18.0 Å². The molecule has 0 bridgehead atoms. The molecule has 0 atom stereocenters. The van der Waals surface area contributed by atoms with Crippen molar-refractivity contribution >= 4 is 11.8 Å². The summed E-state index contributed by atoms with van der Waals surface area (Å²) in [5, 5.41) is 0. The number of amides is 1. The highest BCUT2D eigenvalue weighted by Gasteiger charge is 2.34. The number of hydrogen-bond acceptors (Lipinski definition) is 4. The van der Waals surface area contributed by atoms with Gasteiger partial charge in [-0.1, -0.05) is 12.7 Å². The maximum atomic E-state index is 12.7. The molecule has 3 rings (SSSR count). The van der Waals surface area contributed by atoms with E-state index in [0.717, 1.165) is 43.1 Å². The summed E-state index contributed by atoms with van der Waals surface area (Å²) in [6.45, 7) is 10.6. The highest BCUT2D eigenvalue weighted by molar-refractivity contribution is 5.68. The Morgan fingerprint density at radius 3 is 2.53 bits per heavy atom. The van der Waals surface area contributed by atoms with Gasteiger partial charge in [-0.15, -0.1) is 0 Å². The lowest BCUT2D eigenvalue weighted by Gasteiger charge is -2.41. The van der Waals surface area contributed by atoms with Gasteiger partial charge in [0.15, 0.2) is 0 Å². The highest BCUT2D eigenvalue weighted by atomic mass is 19.3. The molecule has 32 heavy (non-hydrogen) atoms. The van der Waals surface area contributed by atoms with E-state index in [0.29, 0.717) is 19.0 Å². The minimum absolute atomic E-state index is 0.0830. The van der Waals surface area contributed by atoms with Crippen LogP contribution in [0.2, 0.25) is 0 Å². The Morgan fingerprint density at radius 1 is 1.28 bits per heavy atom. The number of carbonyl (C=O) groups excluding carboxylic acids is 1. The predicted molar refractivity (Wildman–Crippen MR) is 123 cm³/mol. The maximum Gasteiger partial charge on any atom is 0.410 e. The molecule has 2 heterocycles. The summed E-state index contributed by atoms with van der Waals surface area (Å²) in [7, 11) is 0. The summed E-state index contributed by atoms with van der Waals surface area (Å²) in [5.41, 5.74) is 2.42. The number of hydrogen-bond donors (Lipinski definition) is 0. The Bertz CT molecular complexity index is 864. The fourth-order valence-electron chi connectivity index (χ4n) is 4.00. The van der Waals surface area contributed by atoms with Gasteiger partial charge in [-0.05, 0) is 82.2 Å². The van der Waals surface area contributed by atoms with E-state index in [1.807, 2.05) is 33.0 Å². The molecule has 1 saturated heterocycles. The highest BCUT2D eigenvalue weighted by Crippen LogP contribution is 2.45. The average molecular weight is 446 g/mol. The van der Waals surface area contributed by atoms with Crippen LogP contribution in [0.25, 0.3) is 0 Å². The molecule has 7 heteroatoms. The van der Waals surface area contributed by atoms with Crippen molar-refractivity contribution < 1.29 is 18.3 Å². The number of likely N-dealkylation sites (tertiary alicyclic amines) is 1. The van der Waals surface area contributed by atoms with E-state index < -0.39 is 12.0 Å². The molecule has 2 fully saturated rings. The van der Waals surface area contributed by atoms with Crippen LogP contribution in [-0.4, -0.2) is 47.1 Å². The molecule has 1 aromatic rings. The van der Waals surface area contributed by atoms with Gasteiger partial charge < -0.3 is 14.5 Å². The molecular formula is C25H33F2N3O2. The summed E-state index contributed by atoms with van der Waals surface area (Å²) >= 11 is 0. The lowest BCUT2D eigenvalue weighted by molar-refractivity contribution is 0.0206. The minimum Gasteiger partial charge on any atom is -0.444 e. The fourth-order valence-corrected chi connectivity index (χ4v) is 4.00. The molecule has 5 nitrogen and oxygen atoms in total. The molecule has 0 unspecified atom stereocenters. The standard InChI is InChI=1S/C25H33F2N3O2/c1-5-19(7-6-8-23(26)27)30(22-17-28-14-11-21(22)18-9-10-18)20-12-15-29(16-13-20)24(31)32-25(2,3)4/h5-8,11,14,17-18,20,23H,1,9-10,12-13,15-16H2,2-4H3/b8-6?,19-7+. The molecule has 1 aromatic heterocycles. The zero-order valence-electron chi connectivity index (χ0n) is 19.1. The molecule has 1 aliphatic heterocycles. The monoisotopic (exact) mass is 445 g/mol. The SMILES string of the molecule is C=C/C(=C\C=CC(F)F)N(c1cnccc1C1CC1)C1CCN(C(=O)OC(C)(C)C)CC1. The van der Waals surface area contributed by atoms with Crippen LogP contribution in [-0.2, 0) is 4.74 Å².